The predicted octanol–water partition coefficient (Wildman–Crippen LogP) is 2.38. The number of ether oxygens (including phenoxy) is 2. The minimum absolute atomic E-state index is 0.251. The largest absolute Gasteiger partial charge is 0.496 e. The first-order valence-electron chi connectivity index (χ1n) is 5.98. The van der Waals surface area contributed by atoms with E-state index >= 15 is 0 Å². The van der Waals surface area contributed by atoms with Crippen molar-refractivity contribution >= 4 is 5.97 Å². The van der Waals surface area contributed by atoms with Crippen LogP contribution in [0.2, 0.25) is 0 Å². The third-order valence-corrected chi connectivity index (χ3v) is 2.83. The third kappa shape index (κ3) is 4.04. The summed E-state index contributed by atoms with van der Waals surface area (Å²) in [7, 11) is 2.94. The van der Waals surface area contributed by atoms with Crippen molar-refractivity contribution in [1.29, 1.82) is 0 Å². The molecule has 0 saturated heterocycles. The van der Waals surface area contributed by atoms with Crippen molar-refractivity contribution in [2.75, 3.05) is 14.2 Å². The highest BCUT2D eigenvalue weighted by atomic mass is 16.5. The van der Waals surface area contributed by atoms with Crippen LogP contribution in [-0.4, -0.2) is 25.3 Å². The van der Waals surface area contributed by atoms with Crippen LogP contribution < -0.4 is 4.74 Å². The fourth-order valence-electron chi connectivity index (χ4n) is 1.81. The first kappa shape index (κ1) is 14.5. The molecule has 1 aromatic carbocycles. The van der Waals surface area contributed by atoms with Crippen molar-refractivity contribution in [2.24, 2.45) is 0 Å². The number of aliphatic hydroxyl groups excluding tert-OH is 1. The van der Waals surface area contributed by atoms with Crippen LogP contribution in [0.25, 0.3) is 0 Å². The highest BCUT2D eigenvalue weighted by Crippen LogP contribution is 2.29. The molecule has 100 valence electrons. The van der Waals surface area contributed by atoms with Gasteiger partial charge in [0, 0.05) is 12.0 Å². The van der Waals surface area contributed by atoms with E-state index in [1.165, 1.54) is 7.11 Å². The molecule has 18 heavy (non-hydrogen) atoms. The van der Waals surface area contributed by atoms with E-state index in [0.717, 1.165) is 11.1 Å². The van der Waals surface area contributed by atoms with Gasteiger partial charge in [0.2, 0.25) is 0 Å². The van der Waals surface area contributed by atoms with Gasteiger partial charge in [-0.05, 0) is 31.9 Å². The normalized spacial score (nSPS) is 12.0. The highest BCUT2D eigenvalue weighted by Gasteiger charge is 2.14. The van der Waals surface area contributed by atoms with Crippen molar-refractivity contribution in [3.8, 4) is 5.75 Å². The number of aryl methyl sites for hydroxylation is 1. The van der Waals surface area contributed by atoms with Gasteiger partial charge in [-0.15, -0.1) is 0 Å². The lowest BCUT2D eigenvalue weighted by molar-refractivity contribution is -0.140. The van der Waals surface area contributed by atoms with Crippen molar-refractivity contribution < 1.29 is 19.4 Å². The molecule has 0 saturated carbocycles. The molecule has 0 spiro atoms. The smallest absolute Gasteiger partial charge is 0.305 e. The summed E-state index contributed by atoms with van der Waals surface area (Å²) in [5.41, 5.74) is 1.83. The molecule has 0 amide bonds. The highest BCUT2D eigenvalue weighted by molar-refractivity contribution is 5.69. The maximum absolute atomic E-state index is 11.0. The molecule has 0 aromatic heterocycles. The summed E-state index contributed by atoms with van der Waals surface area (Å²) in [4.78, 5) is 11.0. The van der Waals surface area contributed by atoms with Crippen LogP contribution in [0.15, 0.2) is 18.2 Å². The second-order valence-corrected chi connectivity index (χ2v) is 4.23. The molecule has 1 aromatic rings. The Balaban J connectivity index is 2.62. The Morgan fingerprint density at radius 1 is 1.39 bits per heavy atom. The number of esters is 1. The zero-order chi connectivity index (χ0) is 13.5. The average molecular weight is 252 g/mol. The number of hydrogen-bond acceptors (Lipinski definition) is 4. The second kappa shape index (κ2) is 7.01. The van der Waals surface area contributed by atoms with Crippen molar-refractivity contribution in [2.45, 2.75) is 32.3 Å². The number of hydrogen-bond donors (Lipinski definition) is 1. The molecule has 0 bridgehead atoms. The number of rotatable bonds is 6. The van der Waals surface area contributed by atoms with Crippen LogP contribution in [0.1, 0.15) is 36.5 Å². The molecule has 4 nitrogen and oxygen atoms in total. The molecular weight excluding hydrogens is 232 g/mol. The topological polar surface area (TPSA) is 55.8 Å². The lowest BCUT2D eigenvalue weighted by Crippen LogP contribution is -2.04. The lowest BCUT2D eigenvalue weighted by atomic mass is 10.0. The van der Waals surface area contributed by atoms with E-state index in [4.69, 9.17) is 4.74 Å². The van der Waals surface area contributed by atoms with E-state index in [0.29, 0.717) is 25.0 Å². The van der Waals surface area contributed by atoms with Crippen molar-refractivity contribution in [3.05, 3.63) is 29.3 Å². The van der Waals surface area contributed by atoms with Gasteiger partial charge in [0.15, 0.2) is 0 Å². The van der Waals surface area contributed by atoms with Gasteiger partial charge in [0.05, 0.1) is 20.3 Å². The third-order valence-electron chi connectivity index (χ3n) is 2.83. The number of benzene rings is 1. The molecule has 0 aliphatic carbocycles. The van der Waals surface area contributed by atoms with Gasteiger partial charge in [0.25, 0.3) is 0 Å². The van der Waals surface area contributed by atoms with Crippen LogP contribution in [0.4, 0.5) is 0 Å². The maximum atomic E-state index is 11.0. The summed E-state index contributed by atoms with van der Waals surface area (Å²) in [6.45, 7) is 1.96. The van der Waals surface area contributed by atoms with E-state index in [2.05, 4.69) is 4.74 Å². The van der Waals surface area contributed by atoms with E-state index in [1.54, 1.807) is 7.11 Å². The van der Waals surface area contributed by atoms with Gasteiger partial charge in [-0.2, -0.15) is 0 Å². The number of carbonyl (C=O) groups is 1. The Hall–Kier alpha value is -1.55. The van der Waals surface area contributed by atoms with E-state index < -0.39 is 6.10 Å². The molecule has 0 fully saturated rings. The van der Waals surface area contributed by atoms with Crippen LogP contribution >= 0.6 is 0 Å². The number of aliphatic hydroxyl groups is 1. The van der Waals surface area contributed by atoms with Gasteiger partial charge < -0.3 is 14.6 Å². The fraction of sp³-hybridized carbons (Fsp3) is 0.500. The standard InChI is InChI=1S/C14H20O4/c1-10-7-8-13(17-2)11(9-10)12(15)5-4-6-14(16)18-3/h7-9,12,15H,4-6H2,1-3H3. The van der Waals surface area contributed by atoms with Gasteiger partial charge in [0.1, 0.15) is 5.75 Å². The van der Waals surface area contributed by atoms with Gasteiger partial charge in [-0.3, -0.25) is 4.79 Å². The van der Waals surface area contributed by atoms with Crippen LogP contribution in [0, 0.1) is 6.92 Å². The molecule has 0 aliphatic heterocycles. The van der Waals surface area contributed by atoms with E-state index in [1.807, 2.05) is 25.1 Å². The molecule has 4 heteroatoms. The van der Waals surface area contributed by atoms with Crippen molar-refractivity contribution in [1.82, 2.24) is 0 Å². The SMILES string of the molecule is COC(=O)CCCC(O)c1cc(C)ccc1OC. The Bertz CT molecular complexity index is 401. The molecule has 0 aliphatic rings. The second-order valence-electron chi connectivity index (χ2n) is 4.23. The Kier molecular flexibility index (Phi) is 5.65. The number of carbonyl (C=O) groups excluding carboxylic acids is 1. The van der Waals surface area contributed by atoms with Crippen LogP contribution in [0.5, 0.6) is 5.75 Å². The summed E-state index contributed by atoms with van der Waals surface area (Å²) < 4.78 is 9.77. The quantitative estimate of drug-likeness (QED) is 0.790. The van der Waals surface area contributed by atoms with Crippen molar-refractivity contribution in [3.63, 3.8) is 0 Å². The summed E-state index contributed by atoms with van der Waals surface area (Å²) in [6, 6.07) is 5.68. The maximum Gasteiger partial charge on any atom is 0.305 e. The fourth-order valence-corrected chi connectivity index (χ4v) is 1.81. The van der Waals surface area contributed by atoms with E-state index in [9.17, 15) is 9.90 Å². The minimum Gasteiger partial charge on any atom is -0.496 e. The average Bonchev–Trinajstić information content (AvgIpc) is 2.38. The predicted molar refractivity (Wildman–Crippen MR) is 68.6 cm³/mol. The summed E-state index contributed by atoms with van der Waals surface area (Å²) in [6.07, 6.45) is 0.797. The molecule has 0 radical (unpaired) electrons. The van der Waals surface area contributed by atoms with Crippen LogP contribution in [0.3, 0.4) is 0 Å². The first-order valence-corrected chi connectivity index (χ1v) is 5.98. The zero-order valence-corrected chi connectivity index (χ0v) is 11.1. The Morgan fingerprint density at radius 3 is 2.72 bits per heavy atom. The molecule has 0 heterocycles. The molecule has 1 N–H and O–H groups in total. The number of methoxy groups -OCH3 is 2. The summed E-state index contributed by atoms with van der Waals surface area (Å²) >= 11 is 0. The van der Waals surface area contributed by atoms with E-state index in [-0.39, 0.29) is 5.97 Å². The molecule has 1 unspecified atom stereocenters. The Labute approximate surface area is 108 Å². The van der Waals surface area contributed by atoms with Crippen LogP contribution in [-0.2, 0) is 9.53 Å². The monoisotopic (exact) mass is 252 g/mol. The zero-order valence-electron chi connectivity index (χ0n) is 11.1. The Morgan fingerprint density at radius 2 is 2.11 bits per heavy atom. The molecule has 1 atom stereocenters. The first-order chi connectivity index (χ1) is 8.58. The lowest BCUT2D eigenvalue weighted by Gasteiger charge is -2.15. The van der Waals surface area contributed by atoms with Gasteiger partial charge in [-0.1, -0.05) is 11.6 Å². The van der Waals surface area contributed by atoms with Gasteiger partial charge in [-0.25, -0.2) is 0 Å². The summed E-state index contributed by atoms with van der Waals surface area (Å²) in [5.74, 6) is 0.421. The molecule has 1 rings (SSSR count). The molecular formula is C14H20O4. The summed E-state index contributed by atoms with van der Waals surface area (Å²) in [5, 5.41) is 10.1. The van der Waals surface area contributed by atoms with Gasteiger partial charge >= 0.3 is 5.97 Å². The minimum atomic E-state index is -0.621.